The second-order valence-corrected chi connectivity index (χ2v) is 8.52. The first kappa shape index (κ1) is 18.6. The molecule has 0 bridgehead atoms. The van der Waals surface area contributed by atoms with Gasteiger partial charge >= 0.3 is 0 Å². The summed E-state index contributed by atoms with van der Waals surface area (Å²) in [5.41, 5.74) is 1.88. The number of hydrogen-bond acceptors (Lipinski definition) is 3. The molecule has 0 fully saturated rings. The predicted molar refractivity (Wildman–Crippen MR) is 104 cm³/mol. The van der Waals surface area contributed by atoms with Crippen molar-refractivity contribution < 1.29 is 8.42 Å². The molecule has 0 spiro atoms. The predicted octanol–water partition coefficient (Wildman–Crippen LogP) is 3.78. The van der Waals surface area contributed by atoms with Gasteiger partial charge in [0.15, 0.2) is 0 Å². The fraction of sp³-hybridized carbons (Fsp3) is 0.211. The van der Waals surface area contributed by atoms with E-state index in [2.05, 4.69) is 23.6 Å². The van der Waals surface area contributed by atoms with E-state index in [1.807, 2.05) is 18.2 Å². The average molecular weight is 391 g/mol. The number of hydrogen-bond donors (Lipinski definition) is 2. The topological polar surface area (TPSA) is 79.0 Å². The van der Waals surface area contributed by atoms with Gasteiger partial charge in [-0.2, -0.15) is 0 Å². The third-order valence-corrected chi connectivity index (χ3v) is 6.09. The van der Waals surface area contributed by atoms with Crippen LogP contribution in [0.4, 0.5) is 0 Å². The molecule has 3 rings (SSSR count). The number of sulfonamides is 1. The Morgan fingerprint density at radius 2 is 1.85 bits per heavy atom. The maximum absolute atomic E-state index is 12.4. The zero-order valence-electron chi connectivity index (χ0n) is 14.4. The molecular formula is C19H19ClN2O3S. The Balaban J connectivity index is 1.92. The molecule has 0 aliphatic carbocycles. The van der Waals surface area contributed by atoms with Crippen LogP contribution in [-0.4, -0.2) is 13.4 Å². The fourth-order valence-corrected chi connectivity index (χ4v) is 4.20. The Morgan fingerprint density at radius 1 is 1.12 bits per heavy atom. The van der Waals surface area contributed by atoms with E-state index in [0.29, 0.717) is 11.5 Å². The number of H-pyrrole nitrogens is 1. The van der Waals surface area contributed by atoms with Gasteiger partial charge in [-0.1, -0.05) is 43.6 Å². The van der Waals surface area contributed by atoms with Crippen LogP contribution < -0.4 is 10.3 Å². The molecule has 0 aliphatic rings. The van der Waals surface area contributed by atoms with Crippen LogP contribution in [0.1, 0.15) is 30.9 Å². The molecule has 26 heavy (non-hydrogen) atoms. The Kier molecular flexibility index (Phi) is 5.18. The lowest BCUT2D eigenvalue weighted by Crippen LogP contribution is -2.27. The average Bonchev–Trinajstić information content (AvgIpc) is 2.59. The standard InChI is InChI=1S/C19H19ClN2O3S/c1-12(2)13-7-8-17-14(9-13)10-15(19(23)22-17)11-21-26(24,25)18-6-4-3-5-16(18)20/h3-10,12,21H,11H2,1-2H3,(H,22,23). The third kappa shape index (κ3) is 3.82. The molecule has 5 nitrogen and oxygen atoms in total. The number of fused-ring (bicyclic) bond motifs is 1. The van der Waals surface area contributed by atoms with E-state index in [9.17, 15) is 13.2 Å². The molecule has 3 aromatic rings. The van der Waals surface area contributed by atoms with E-state index in [1.54, 1.807) is 18.2 Å². The van der Waals surface area contributed by atoms with E-state index in [4.69, 9.17) is 11.6 Å². The number of aromatic nitrogens is 1. The Bertz CT molecular complexity index is 1120. The third-order valence-electron chi connectivity index (χ3n) is 4.19. The van der Waals surface area contributed by atoms with Crippen LogP contribution in [0.15, 0.2) is 58.2 Å². The van der Waals surface area contributed by atoms with Crippen molar-refractivity contribution in [2.24, 2.45) is 0 Å². The highest BCUT2D eigenvalue weighted by atomic mass is 35.5. The van der Waals surface area contributed by atoms with Crippen LogP contribution in [-0.2, 0) is 16.6 Å². The van der Waals surface area contributed by atoms with E-state index < -0.39 is 10.0 Å². The number of halogens is 1. The molecule has 1 aromatic heterocycles. The molecule has 0 aliphatic heterocycles. The summed E-state index contributed by atoms with van der Waals surface area (Å²) in [5.74, 6) is 0.355. The van der Waals surface area contributed by atoms with Crippen molar-refractivity contribution >= 4 is 32.5 Å². The summed E-state index contributed by atoms with van der Waals surface area (Å²) in [4.78, 5) is 15.0. The fourth-order valence-electron chi connectivity index (χ4n) is 2.67. The van der Waals surface area contributed by atoms with E-state index >= 15 is 0 Å². The van der Waals surface area contributed by atoms with Crippen molar-refractivity contribution in [3.8, 4) is 0 Å². The lowest BCUT2D eigenvalue weighted by Gasteiger charge is -2.10. The van der Waals surface area contributed by atoms with E-state index in [-0.39, 0.29) is 22.0 Å². The zero-order chi connectivity index (χ0) is 18.9. The van der Waals surface area contributed by atoms with E-state index in [1.165, 1.54) is 12.1 Å². The van der Waals surface area contributed by atoms with Gasteiger partial charge in [0.25, 0.3) is 5.56 Å². The normalized spacial score (nSPS) is 12.0. The van der Waals surface area contributed by atoms with Crippen LogP contribution in [0, 0.1) is 0 Å². The largest absolute Gasteiger partial charge is 0.322 e. The van der Waals surface area contributed by atoms with Gasteiger partial charge in [-0.15, -0.1) is 0 Å². The summed E-state index contributed by atoms with van der Waals surface area (Å²) in [6, 6.07) is 13.7. The molecular weight excluding hydrogens is 372 g/mol. The summed E-state index contributed by atoms with van der Waals surface area (Å²) in [6.45, 7) is 4.06. The Labute approximate surface area is 157 Å². The van der Waals surface area contributed by atoms with Gasteiger partial charge in [-0.25, -0.2) is 13.1 Å². The monoisotopic (exact) mass is 390 g/mol. The minimum Gasteiger partial charge on any atom is -0.322 e. The van der Waals surface area contributed by atoms with Gasteiger partial charge in [0.2, 0.25) is 10.0 Å². The smallest absolute Gasteiger partial charge is 0.252 e. The first-order valence-corrected chi connectivity index (χ1v) is 10.0. The Hall–Kier alpha value is -2.15. The molecule has 7 heteroatoms. The molecule has 1 heterocycles. The van der Waals surface area contributed by atoms with Crippen molar-refractivity contribution in [2.75, 3.05) is 0 Å². The molecule has 2 aromatic carbocycles. The summed E-state index contributed by atoms with van der Waals surface area (Å²) in [6.07, 6.45) is 0. The number of benzene rings is 2. The second-order valence-electron chi connectivity index (χ2n) is 6.38. The first-order chi connectivity index (χ1) is 12.3. The van der Waals surface area contributed by atoms with Gasteiger partial charge in [0.05, 0.1) is 5.02 Å². The highest BCUT2D eigenvalue weighted by molar-refractivity contribution is 7.89. The molecule has 0 saturated carbocycles. The highest BCUT2D eigenvalue weighted by Gasteiger charge is 2.17. The molecule has 0 unspecified atom stereocenters. The molecule has 0 saturated heterocycles. The number of aromatic amines is 1. The van der Waals surface area contributed by atoms with Crippen molar-refractivity contribution in [3.63, 3.8) is 0 Å². The highest BCUT2D eigenvalue weighted by Crippen LogP contribution is 2.22. The number of rotatable bonds is 5. The quantitative estimate of drug-likeness (QED) is 0.695. The number of nitrogens with one attached hydrogen (secondary N) is 2. The van der Waals surface area contributed by atoms with Crippen LogP contribution >= 0.6 is 11.6 Å². The lowest BCUT2D eigenvalue weighted by atomic mass is 10.0. The lowest BCUT2D eigenvalue weighted by molar-refractivity contribution is 0.581. The second kappa shape index (κ2) is 7.23. The zero-order valence-corrected chi connectivity index (χ0v) is 16.0. The summed E-state index contributed by atoms with van der Waals surface area (Å²) in [5, 5.41) is 0.997. The van der Waals surface area contributed by atoms with Gasteiger partial charge in [-0.3, -0.25) is 4.79 Å². The minimum atomic E-state index is -3.82. The molecule has 0 radical (unpaired) electrons. The SMILES string of the molecule is CC(C)c1ccc2[nH]c(=O)c(CNS(=O)(=O)c3ccccc3Cl)cc2c1. The summed E-state index contributed by atoms with van der Waals surface area (Å²) in [7, 11) is -3.82. The van der Waals surface area contributed by atoms with Crippen LogP contribution in [0.3, 0.4) is 0 Å². The van der Waals surface area contributed by atoms with Crippen molar-refractivity contribution in [2.45, 2.75) is 31.2 Å². The van der Waals surface area contributed by atoms with Gasteiger partial charge in [0.1, 0.15) is 4.90 Å². The minimum absolute atomic E-state index is 0.0130. The Morgan fingerprint density at radius 3 is 2.54 bits per heavy atom. The van der Waals surface area contributed by atoms with Crippen LogP contribution in [0.2, 0.25) is 5.02 Å². The molecule has 136 valence electrons. The maximum atomic E-state index is 12.4. The molecule has 2 N–H and O–H groups in total. The first-order valence-electron chi connectivity index (χ1n) is 8.18. The molecule has 0 atom stereocenters. The summed E-state index contributed by atoms with van der Waals surface area (Å²) >= 11 is 5.96. The van der Waals surface area contributed by atoms with Crippen LogP contribution in [0.25, 0.3) is 10.9 Å². The van der Waals surface area contributed by atoms with E-state index in [0.717, 1.165) is 16.5 Å². The van der Waals surface area contributed by atoms with Crippen molar-refractivity contribution in [1.29, 1.82) is 0 Å². The molecule has 0 amide bonds. The van der Waals surface area contributed by atoms with Gasteiger partial charge in [-0.05, 0) is 47.2 Å². The van der Waals surface area contributed by atoms with Crippen molar-refractivity contribution in [3.05, 3.63) is 75.0 Å². The summed E-state index contributed by atoms with van der Waals surface area (Å²) < 4.78 is 27.3. The van der Waals surface area contributed by atoms with Gasteiger partial charge < -0.3 is 4.98 Å². The van der Waals surface area contributed by atoms with Crippen LogP contribution in [0.5, 0.6) is 0 Å². The number of pyridine rings is 1. The van der Waals surface area contributed by atoms with Crippen molar-refractivity contribution in [1.82, 2.24) is 9.71 Å². The van der Waals surface area contributed by atoms with Gasteiger partial charge in [0, 0.05) is 17.6 Å². The maximum Gasteiger partial charge on any atom is 0.252 e.